The van der Waals surface area contributed by atoms with Gasteiger partial charge in [0.15, 0.2) is 0 Å². The number of piperidine rings is 2. The van der Waals surface area contributed by atoms with Gasteiger partial charge in [0.1, 0.15) is 0 Å². The molecule has 0 aromatic rings. The van der Waals surface area contributed by atoms with Gasteiger partial charge in [-0.2, -0.15) is 0 Å². The van der Waals surface area contributed by atoms with E-state index >= 15 is 0 Å². The van der Waals surface area contributed by atoms with Gasteiger partial charge in [0.05, 0.1) is 6.10 Å². The molecule has 0 aliphatic carbocycles. The predicted octanol–water partition coefficient (Wildman–Crippen LogP) is 0.359. The smallest absolute Gasteiger partial charge is 0.222 e. The van der Waals surface area contributed by atoms with E-state index in [4.69, 9.17) is 0 Å². The number of aliphatic hydroxyl groups is 1. The SMILES string of the molecule is O=C(CC1CCNCC1)N1CCC[C@H](O)C1. The van der Waals surface area contributed by atoms with Crippen LogP contribution >= 0.6 is 0 Å². The quantitative estimate of drug-likeness (QED) is 0.715. The van der Waals surface area contributed by atoms with Crippen LogP contribution in [-0.2, 0) is 4.79 Å². The molecule has 2 aliphatic rings. The second-order valence-electron chi connectivity index (χ2n) is 5.03. The number of β-amino-alcohol motifs (C(OH)–C–C–N with tert-alkyl or cyclic N) is 1. The lowest BCUT2D eigenvalue weighted by molar-refractivity contribution is -0.135. The number of nitrogens with one attached hydrogen (secondary N) is 1. The van der Waals surface area contributed by atoms with Gasteiger partial charge in [-0.3, -0.25) is 4.79 Å². The molecule has 0 unspecified atom stereocenters. The summed E-state index contributed by atoms with van der Waals surface area (Å²) in [7, 11) is 0. The van der Waals surface area contributed by atoms with Gasteiger partial charge in [-0.25, -0.2) is 0 Å². The first kappa shape index (κ1) is 11.9. The maximum absolute atomic E-state index is 12.0. The van der Waals surface area contributed by atoms with Crippen molar-refractivity contribution in [3.8, 4) is 0 Å². The first-order valence-corrected chi connectivity index (χ1v) is 6.42. The number of carbonyl (C=O) groups excluding carboxylic acids is 1. The Morgan fingerprint density at radius 2 is 2.06 bits per heavy atom. The summed E-state index contributed by atoms with van der Waals surface area (Å²) >= 11 is 0. The number of aliphatic hydroxyl groups excluding tert-OH is 1. The molecule has 0 aromatic carbocycles. The van der Waals surface area contributed by atoms with Crippen LogP contribution in [0.15, 0.2) is 0 Å². The fraction of sp³-hybridized carbons (Fsp3) is 0.917. The Bertz CT molecular complexity index is 239. The Hall–Kier alpha value is -0.610. The van der Waals surface area contributed by atoms with Crippen molar-refractivity contribution in [1.82, 2.24) is 10.2 Å². The highest BCUT2D eigenvalue weighted by atomic mass is 16.3. The summed E-state index contributed by atoms with van der Waals surface area (Å²) in [4.78, 5) is 13.8. The van der Waals surface area contributed by atoms with Crippen LogP contribution in [0.2, 0.25) is 0 Å². The van der Waals surface area contributed by atoms with Crippen molar-refractivity contribution in [2.75, 3.05) is 26.2 Å². The molecule has 1 atom stereocenters. The Morgan fingerprint density at radius 1 is 1.31 bits per heavy atom. The lowest BCUT2D eigenvalue weighted by atomic mass is 9.93. The highest BCUT2D eigenvalue weighted by molar-refractivity contribution is 5.76. The normalized spacial score (nSPS) is 28.1. The Balaban J connectivity index is 1.77. The molecule has 2 rings (SSSR count). The number of amides is 1. The minimum absolute atomic E-state index is 0.241. The molecule has 4 heteroatoms. The van der Waals surface area contributed by atoms with Gasteiger partial charge in [-0.15, -0.1) is 0 Å². The van der Waals surface area contributed by atoms with Crippen molar-refractivity contribution in [3.05, 3.63) is 0 Å². The monoisotopic (exact) mass is 226 g/mol. The van der Waals surface area contributed by atoms with Crippen LogP contribution in [0.5, 0.6) is 0 Å². The van der Waals surface area contributed by atoms with E-state index in [0.717, 1.165) is 45.3 Å². The molecule has 0 radical (unpaired) electrons. The summed E-state index contributed by atoms with van der Waals surface area (Å²) in [6.07, 6.45) is 4.39. The second-order valence-corrected chi connectivity index (χ2v) is 5.03. The van der Waals surface area contributed by atoms with E-state index < -0.39 is 0 Å². The van der Waals surface area contributed by atoms with Crippen molar-refractivity contribution >= 4 is 5.91 Å². The average Bonchev–Trinajstić information content (AvgIpc) is 2.30. The number of hydrogen-bond donors (Lipinski definition) is 2. The molecular weight excluding hydrogens is 204 g/mol. The fourth-order valence-corrected chi connectivity index (χ4v) is 2.64. The molecule has 2 aliphatic heterocycles. The fourth-order valence-electron chi connectivity index (χ4n) is 2.64. The van der Waals surface area contributed by atoms with Crippen LogP contribution in [-0.4, -0.2) is 48.2 Å². The van der Waals surface area contributed by atoms with Gasteiger partial charge in [0, 0.05) is 19.5 Å². The molecule has 2 heterocycles. The van der Waals surface area contributed by atoms with Crippen molar-refractivity contribution in [1.29, 1.82) is 0 Å². The molecule has 0 saturated carbocycles. The molecule has 0 spiro atoms. The van der Waals surface area contributed by atoms with E-state index in [0.29, 0.717) is 18.9 Å². The predicted molar refractivity (Wildman–Crippen MR) is 62.0 cm³/mol. The molecule has 2 N–H and O–H groups in total. The van der Waals surface area contributed by atoms with Gasteiger partial charge in [0.2, 0.25) is 5.91 Å². The summed E-state index contributed by atoms with van der Waals surface area (Å²) in [6, 6.07) is 0. The third-order valence-corrected chi connectivity index (χ3v) is 3.67. The highest BCUT2D eigenvalue weighted by Crippen LogP contribution is 2.19. The van der Waals surface area contributed by atoms with Crippen molar-refractivity contribution in [3.63, 3.8) is 0 Å². The molecule has 92 valence electrons. The molecular formula is C12H22N2O2. The number of likely N-dealkylation sites (tertiary alicyclic amines) is 1. The molecule has 16 heavy (non-hydrogen) atoms. The standard InChI is InChI=1S/C12H22N2O2/c15-11-2-1-7-14(9-11)12(16)8-10-3-5-13-6-4-10/h10-11,13,15H,1-9H2/t11-/m0/s1. The maximum Gasteiger partial charge on any atom is 0.222 e. The van der Waals surface area contributed by atoms with Gasteiger partial charge >= 0.3 is 0 Å². The molecule has 2 fully saturated rings. The van der Waals surface area contributed by atoms with Crippen molar-refractivity contribution < 1.29 is 9.90 Å². The zero-order chi connectivity index (χ0) is 11.4. The van der Waals surface area contributed by atoms with Crippen LogP contribution < -0.4 is 5.32 Å². The van der Waals surface area contributed by atoms with Gasteiger partial charge < -0.3 is 15.3 Å². The lowest BCUT2D eigenvalue weighted by Crippen LogP contribution is -2.43. The third kappa shape index (κ3) is 3.19. The molecule has 0 bridgehead atoms. The molecule has 2 saturated heterocycles. The van der Waals surface area contributed by atoms with E-state index in [1.807, 2.05) is 4.90 Å². The topological polar surface area (TPSA) is 52.6 Å². The Morgan fingerprint density at radius 3 is 2.75 bits per heavy atom. The van der Waals surface area contributed by atoms with E-state index in [-0.39, 0.29) is 12.0 Å². The Kier molecular flexibility index (Phi) is 4.18. The maximum atomic E-state index is 12.0. The summed E-state index contributed by atoms with van der Waals surface area (Å²) < 4.78 is 0. The summed E-state index contributed by atoms with van der Waals surface area (Å²) in [5.41, 5.74) is 0. The summed E-state index contributed by atoms with van der Waals surface area (Å²) in [6.45, 7) is 3.46. The van der Waals surface area contributed by atoms with E-state index in [9.17, 15) is 9.90 Å². The number of carbonyl (C=O) groups is 1. The van der Waals surface area contributed by atoms with Crippen molar-refractivity contribution in [2.24, 2.45) is 5.92 Å². The summed E-state index contributed by atoms with van der Waals surface area (Å²) in [5.74, 6) is 0.790. The van der Waals surface area contributed by atoms with Crippen LogP contribution in [0, 0.1) is 5.92 Å². The van der Waals surface area contributed by atoms with Crippen LogP contribution in [0.1, 0.15) is 32.1 Å². The summed E-state index contributed by atoms with van der Waals surface area (Å²) in [5, 5.41) is 12.8. The molecule has 0 aromatic heterocycles. The third-order valence-electron chi connectivity index (χ3n) is 3.67. The van der Waals surface area contributed by atoms with Gasteiger partial charge in [-0.05, 0) is 44.7 Å². The molecule has 4 nitrogen and oxygen atoms in total. The lowest BCUT2D eigenvalue weighted by Gasteiger charge is -2.32. The first-order valence-electron chi connectivity index (χ1n) is 6.42. The van der Waals surface area contributed by atoms with Gasteiger partial charge in [0.25, 0.3) is 0 Å². The number of nitrogens with zero attached hydrogens (tertiary/aromatic N) is 1. The average molecular weight is 226 g/mol. The molecule has 1 amide bonds. The van der Waals surface area contributed by atoms with E-state index in [1.54, 1.807) is 0 Å². The first-order chi connectivity index (χ1) is 7.75. The van der Waals surface area contributed by atoms with E-state index in [1.165, 1.54) is 0 Å². The van der Waals surface area contributed by atoms with E-state index in [2.05, 4.69) is 5.32 Å². The van der Waals surface area contributed by atoms with Crippen LogP contribution in [0.4, 0.5) is 0 Å². The number of hydrogen-bond acceptors (Lipinski definition) is 3. The second kappa shape index (κ2) is 5.64. The minimum atomic E-state index is -0.300. The highest BCUT2D eigenvalue weighted by Gasteiger charge is 2.24. The van der Waals surface area contributed by atoms with Gasteiger partial charge in [-0.1, -0.05) is 0 Å². The number of rotatable bonds is 2. The zero-order valence-corrected chi connectivity index (χ0v) is 9.82. The minimum Gasteiger partial charge on any atom is -0.391 e. The van der Waals surface area contributed by atoms with Crippen LogP contribution in [0.25, 0.3) is 0 Å². The Labute approximate surface area is 97.0 Å². The van der Waals surface area contributed by atoms with Crippen LogP contribution in [0.3, 0.4) is 0 Å². The van der Waals surface area contributed by atoms with Crippen molar-refractivity contribution in [2.45, 2.75) is 38.2 Å². The largest absolute Gasteiger partial charge is 0.391 e. The zero-order valence-electron chi connectivity index (χ0n) is 9.82.